The Bertz CT molecular complexity index is 1310. The third kappa shape index (κ3) is 5.28. The first-order chi connectivity index (χ1) is 16.5. The van der Waals surface area contributed by atoms with Crippen LogP contribution in [0.4, 0.5) is 0 Å². The molecule has 0 radical (unpaired) electrons. The summed E-state index contributed by atoms with van der Waals surface area (Å²) in [5, 5.41) is 10.2. The van der Waals surface area contributed by atoms with E-state index in [4.69, 9.17) is 25.4 Å². The Hall–Kier alpha value is -3.65. The van der Waals surface area contributed by atoms with Gasteiger partial charge in [0.05, 0.1) is 6.42 Å². The predicted octanol–water partition coefficient (Wildman–Crippen LogP) is 4.37. The van der Waals surface area contributed by atoms with Gasteiger partial charge in [0, 0.05) is 36.7 Å². The fourth-order valence-electron chi connectivity index (χ4n) is 3.98. The van der Waals surface area contributed by atoms with Crippen LogP contribution < -0.4 is 16.2 Å². The fraction of sp³-hybridized carbons (Fsp3) is 0.222. The number of nitrogens with two attached hydrogens (primary N) is 2. The number of hydrogen-bond donors (Lipinski definition) is 3. The molecule has 176 valence electrons. The molecular weight excluding hydrogens is 432 g/mol. The molecule has 7 nitrogen and oxygen atoms in total. The van der Waals surface area contributed by atoms with E-state index in [9.17, 15) is 9.90 Å². The Morgan fingerprint density at radius 1 is 0.941 bits per heavy atom. The standard InChI is InChI=1S/C27H28N2O5/c1-32-16-23-11-22-8-19(9-24(27(22)34-23)20-4-2-3-17(7-20)13-28)15-33-25-10-18(14-29)5-6-21(25)12-26(30)31/h2-11H,12-16,28-29H2,1H3,(H,30,31). The minimum atomic E-state index is -0.919. The zero-order valence-electron chi connectivity index (χ0n) is 19.0. The summed E-state index contributed by atoms with van der Waals surface area (Å²) in [4.78, 5) is 11.3. The largest absolute Gasteiger partial charge is 0.489 e. The molecule has 4 aromatic rings. The van der Waals surface area contributed by atoms with Crippen molar-refractivity contribution in [3.8, 4) is 16.9 Å². The molecule has 3 aromatic carbocycles. The Labute approximate surface area is 197 Å². The first-order valence-corrected chi connectivity index (χ1v) is 11.0. The second kappa shape index (κ2) is 10.5. The van der Waals surface area contributed by atoms with E-state index >= 15 is 0 Å². The van der Waals surface area contributed by atoms with Crippen molar-refractivity contribution >= 4 is 16.9 Å². The van der Waals surface area contributed by atoms with Crippen LogP contribution in [-0.2, 0) is 42.3 Å². The minimum absolute atomic E-state index is 0.127. The van der Waals surface area contributed by atoms with Crippen LogP contribution in [0.1, 0.15) is 28.0 Å². The van der Waals surface area contributed by atoms with E-state index in [1.165, 1.54) is 0 Å². The SMILES string of the molecule is COCc1cc2cc(COc3cc(CN)ccc3CC(=O)O)cc(-c3cccc(CN)c3)c2o1. The highest BCUT2D eigenvalue weighted by molar-refractivity contribution is 5.93. The van der Waals surface area contributed by atoms with Crippen molar-refractivity contribution in [1.82, 2.24) is 0 Å². The van der Waals surface area contributed by atoms with Gasteiger partial charge >= 0.3 is 5.97 Å². The molecule has 0 aliphatic rings. The van der Waals surface area contributed by atoms with Gasteiger partial charge in [0.1, 0.15) is 30.3 Å². The monoisotopic (exact) mass is 460 g/mol. The van der Waals surface area contributed by atoms with Crippen LogP contribution in [0.15, 0.2) is 65.1 Å². The molecule has 4 rings (SSSR count). The number of fused-ring (bicyclic) bond motifs is 1. The number of aliphatic carboxylic acids is 1. The van der Waals surface area contributed by atoms with Gasteiger partial charge < -0.3 is 30.5 Å². The summed E-state index contributed by atoms with van der Waals surface area (Å²) in [6.07, 6.45) is -0.127. The summed E-state index contributed by atoms with van der Waals surface area (Å²) >= 11 is 0. The molecule has 0 aliphatic heterocycles. The van der Waals surface area contributed by atoms with Crippen LogP contribution in [0, 0.1) is 0 Å². The molecule has 1 heterocycles. The van der Waals surface area contributed by atoms with E-state index in [0.717, 1.165) is 44.5 Å². The molecule has 0 bridgehead atoms. The van der Waals surface area contributed by atoms with Crippen LogP contribution in [0.2, 0.25) is 0 Å². The molecule has 0 amide bonds. The summed E-state index contributed by atoms with van der Waals surface area (Å²) in [7, 11) is 1.63. The van der Waals surface area contributed by atoms with Crippen molar-refractivity contribution in [3.05, 3.63) is 88.7 Å². The summed E-state index contributed by atoms with van der Waals surface area (Å²) in [5.74, 6) is 0.327. The smallest absolute Gasteiger partial charge is 0.307 e. The molecule has 34 heavy (non-hydrogen) atoms. The number of carboxylic acid groups (broad SMARTS) is 1. The van der Waals surface area contributed by atoms with Crippen LogP contribution in [0.3, 0.4) is 0 Å². The van der Waals surface area contributed by atoms with Crippen molar-refractivity contribution in [2.45, 2.75) is 32.7 Å². The maximum absolute atomic E-state index is 11.3. The van der Waals surface area contributed by atoms with Crippen LogP contribution in [-0.4, -0.2) is 18.2 Å². The Kier molecular flexibility index (Phi) is 7.27. The van der Waals surface area contributed by atoms with Gasteiger partial charge in [-0.2, -0.15) is 0 Å². The van der Waals surface area contributed by atoms with E-state index in [1.807, 2.05) is 48.5 Å². The van der Waals surface area contributed by atoms with Gasteiger partial charge in [0.25, 0.3) is 0 Å². The number of carbonyl (C=O) groups is 1. The quantitative estimate of drug-likeness (QED) is 0.321. The highest BCUT2D eigenvalue weighted by Crippen LogP contribution is 2.34. The zero-order chi connectivity index (χ0) is 24.1. The van der Waals surface area contributed by atoms with Crippen molar-refractivity contribution in [1.29, 1.82) is 0 Å². The van der Waals surface area contributed by atoms with Gasteiger partial charge in [0.2, 0.25) is 0 Å². The number of ether oxygens (including phenoxy) is 2. The Morgan fingerprint density at radius 2 is 1.74 bits per heavy atom. The summed E-state index contributed by atoms with van der Waals surface area (Å²) in [6, 6.07) is 19.4. The van der Waals surface area contributed by atoms with Gasteiger partial charge in [-0.15, -0.1) is 0 Å². The van der Waals surface area contributed by atoms with Crippen molar-refractivity contribution in [2.75, 3.05) is 7.11 Å². The van der Waals surface area contributed by atoms with E-state index in [1.54, 1.807) is 19.2 Å². The highest BCUT2D eigenvalue weighted by atomic mass is 16.5. The number of methoxy groups -OCH3 is 1. The van der Waals surface area contributed by atoms with Gasteiger partial charge in [-0.05, 0) is 52.6 Å². The van der Waals surface area contributed by atoms with E-state index in [0.29, 0.717) is 31.0 Å². The van der Waals surface area contributed by atoms with E-state index in [2.05, 4.69) is 0 Å². The van der Waals surface area contributed by atoms with Gasteiger partial charge in [-0.25, -0.2) is 0 Å². The second-order valence-electron chi connectivity index (χ2n) is 8.12. The molecule has 0 saturated carbocycles. The number of benzene rings is 3. The number of furan rings is 1. The fourth-order valence-corrected chi connectivity index (χ4v) is 3.98. The maximum atomic E-state index is 11.3. The lowest BCUT2D eigenvalue weighted by Crippen LogP contribution is -2.06. The molecule has 0 saturated heterocycles. The van der Waals surface area contributed by atoms with Gasteiger partial charge in [0.15, 0.2) is 0 Å². The number of hydrogen-bond acceptors (Lipinski definition) is 6. The second-order valence-corrected chi connectivity index (χ2v) is 8.12. The first-order valence-electron chi connectivity index (χ1n) is 11.0. The number of carboxylic acids is 1. The lowest BCUT2D eigenvalue weighted by molar-refractivity contribution is -0.136. The van der Waals surface area contributed by atoms with Crippen LogP contribution >= 0.6 is 0 Å². The predicted molar refractivity (Wildman–Crippen MR) is 130 cm³/mol. The first kappa shape index (κ1) is 23.5. The van der Waals surface area contributed by atoms with Crippen molar-refractivity contribution in [2.24, 2.45) is 11.5 Å². The normalized spacial score (nSPS) is 11.1. The molecule has 1 aromatic heterocycles. The Balaban J connectivity index is 1.73. The molecule has 5 N–H and O–H groups in total. The van der Waals surface area contributed by atoms with E-state index < -0.39 is 5.97 Å². The highest BCUT2D eigenvalue weighted by Gasteiger charge is 2.15. The molecule has 0 aliphatic carbocycles. The topological polar surface area (TPSA) is 121 Å². The average Bonchev–Trinajstić information content (AvgIpc) is 3.25. The lowest BCUT2D eigenvalue weighted by Gasteiger charge is -2.13. The molecule has 0 fully saturated rings. The van der Waals surface area contributed by atoms with Crippen molar-refractivity contribution < 1.29 is 23.8 Å². The summed E-state index contributed by atoms with van der Waals surface area (Å²) in [6.45, 7) is 1.41. The summed E-state index contributed by atoms with van der Waals surface area (Å²) < 4.78 is 17.5. The van der Waals surface area contributed by atoms with Crippen LogP contribution in [0.5, 0.6) is 5.75 Å². The molecule has 0 atom stereocenters. The lowest BCUT2D eigenvalue weighted by atomic mass is 9.99. The molecule has 0 spiro atoms. The van der Waals surface area contributed by atoms with E-state index in [-0.39, 0.29) is 13.0 Å². The summed E-state index contributed by atoms with van der Waals surface area (Å²) in [5.41, 5.74) is 17.7. The number of rotatable bonds is 10. The third-order valence-electron chi connectivity index (χ3n) is 5.59. The van der Waals surface area contributed by atoms with Crippen LogP contribution in [0.25, 0.3) is 22.1 Å². The molecule has 7 heteroatoms. The third-order valence-corrected chi connectivity index (χ3v) is 5.59. The molecular formula is C27H28N2O5. The zero-order valence-corrected chi connectivity index (χ0v) is 19.0. The van der Waals surface area contributed by atoms with Crippen molar-refractivity contribution in [3.63, 3.8) is 0 Å². The molecule has 0 unspecified atom stereocenters. The van der Waals surface area contributed by atoms with Gasteiger partial charge in [-0.3, -0.25) is 4.79 Å². The average molecular weight is 461 g/mol. The maximum Gasteiger partial charge on any atom is 0.307 e. The van der Waals surface area contributed by atoms with Gasteiger partial charge in [-0.1, -0.05) is 30.3 Å². The minimum Gasteiger partial charge on any atom is -0.489 e. The Morgan fingerprint density at radius 3 is 2.47 bits per heavy atom.